The number of nitrogens with zero attached hydrogens (tertiary/aromatic N) is 1. The Bertz CT molecular complexity index is 1270. The van der Waals surface area contributed by atoms with Gasteiger partial charge in [0.25, 0.3) is 11.1 Å². The van der Waals surface area contributed by atoms with Gasteiger partial charge in [-0.25, -0.2) is 4.39 Å². The maximum absolute atomic E-state index is 14.2. The number of methoxy groups -OCH3 is 1. The van der Waals surface area contributed by atoms with Gasteiger partial charge in [0.15, 0.2) is 11.5 Å². The average molecular weight is 498 g/mol. The molecule has 34 heavy (non-hydrogen) atoms. The molecule has 174 valence electrons. The van der Waals surface area contributed by atoms with Crippen LogP contribution in [0, 0.1) is 12.7 Å². The average Bonchev–Trinajstić information content (AvgIpc) is 3.06. The van der Waals surface area contributed by atoms with Gasteiger partial charge in [-0.3, -0.25) is 14.5 Å². The zero-order valence-electron chi connectivity index (χ0n) is 18.5. The molecule has 2 amide bonds. The van der Waals surface area contributed by atoms with Crippen LogP contribution >= 0.6 is 23.4 Å². The summed E-state index contributed by atoms with van der Waals surface area (Å²) >= 11 is 6.98. The summed E-state index contributed by atoms with van der Waals surface area (Å²) in [6.07, 6.45) is 1.59. The van der Waals surface area contributed by atoms with Crippen LogP contribution in [0.1, 0.15) is 22.3 Å². The Balaban J connectivity index is 1.61. The van der Waals surface area contributed by atoms with Crippen LogP contribution in [-0.4, -0.2) is 23.2 Å². The number of hydrogen-bond donors (Lipinski definition) is 0. The maximum Gasteiger partial charge on any atom is 0.293 e. The summed E-state index contributed by atoms with van der Waals surface area (Å²) in [6, 6.07) is 17.2. The number of benzene rings is 3. The van der Waals surface area contributed by atoms with E-state index in [2.05, 4.69) is 0 Å². The van der Waals surface area contributed by atoms with Gasteiger partial charge < -0.3 is 9.47 Å². The molecule has 0 radical (unpaired) electrons. The van der Waals surface area contributed by atoms with E-state index in [-0.39, 0.29) is 39.8 Å². The second-order valence-electron chi connectivity index (χ2n) is 7.62. The van der Waals surface area contributed by atoms with Crippen molar-refractivity contribution in [3.05, 3.63) is 98.7 Å². The molecule has 1 heterocycles. The second-order valence-corrected chi connectivity index (χ2v) is 9.02. The van der Waals surface area contributed by atoms with Gasteiger partial charge in [-0.1, -0.05) is 59.6 Å². The molecule has 0 spiro atoms. The monoisotopic (exact) mass is 497 g/mol. The van der Waals surface area contributed by atoms with Crippen LogP contribution in [0.2, 0.25) is 5.02 Å². The lowest BCUT2D eigenvalue weighted by Crippen LogP contribution is -2.27. The second kappa shape index (κ2) is 10.3. The van der Waals surface area contributed by atoms with Gasteiger partial charge in [0.2, 0.25) is 0 Å². The van der Waals surface area contributed by atoms with Crippen LogP contribution in [0.4, 0.5) is 9.18 Å². The molecule has 0 N–H and O–H groups in total. The van der Waals surface area contributed by atoms with Crippen molar-refractivity contribution in [2.75, 3.05) is 7.11 Å². The molecule has 8 heteroatoms. The topological polar surface area (TPSA) is 55.8 Å². The molecule has 0 aromatic heterocycles. The van der Waals surface area contributed by atoms with Crippen molar-refractivity contribution in [2.45, 2.75) is 20.1 Å². The molecule has 3 aromatic carbocycles. The summed E-state index contributed by atoms with van der Waals surface area (Å²) in [5, 5.41) is -0.102. The zero-order chi connectivity index (χ0) is 24.2. The fourth-order valence-corrected chi connectivity index (χ4v) is 4.59. The largest absolute Gasteiger partial charge is 0.493 e. The summed E-state index contributed by atoms with van der Waals surface area (Å²) in [6.45, 7) is 2.01. The summed E-state index contributed by atoms with van der Waals surface area (Å²) < 4.78 is 25.5. The van der Waals surface area contributed by atoms with Gasteiger partial charge in [-0.05, 0) is 48.5 Å². The van der Waals surface area contributed by atoms with E-state index in [1.54, 1.807) is 30.3 Å². The number of ether oxygens (including phenoxy) is 2. The Morgan fingerprint density at radius 2 is 1.85 bits per heavy atom. The number of rotatable bonds is 7. The van der Waals surface area contributed by atoms with E-state index in [1.165, 1.54) is 24.1 Å². The third-order valence-electron chi connectivity index (χ3n) is 5.24. The van der Waals surface area contributed by atoms with E-state index in [1.807, 2.05) is 31.2 Å². The van der Waals surface area contributed by atoms with Crippen LogP contribution in [0.15, 0.2) is 65.6 Å². The van der Waals surface area contributed by atoms with Crippen LogP contribution in [0.3, 0.4) is 0 Å². The lowest BCUT2D eigenvalue weighted by atomic mass is 10.1. The highest BCUT2D eigenvalue weighted by atomic mass is 35.5. The normalized spacial score (nSPS) is 14.7. The first-order valence-electron chi connectivity index (χ1n) is 10.4. The highest BCUT2D eigenvalue weighted by molar-refractivity contribution is 8.18. The van der Waals surface area contributed by atoms with E-state index >= 15 is 0 Å². The van der Waals surface area contributed by atoms with Gasteiger partial charge in [0, 0.05) is 11.1 Å². The number of para-hydroxylation sites is 1. The van der Waals surface area contributed by atoms with E-state index < -0.39 is 5.82 Å². The van der Waals surface area contributed by atoms with Crippen LogP contribution in [0.5, 0.6) is 11.5 Å². The highest BCUT2D eigenvalue weighted by Gasteiger charge is 2.35. The molecular weight excluding hydrogens is 477 g/mol. The van der Waals surface area contributed by atoms with E-state index in [4.69, 9.17) is 21.1 Å². The van der Waals surface area contributed by atoms with Crippen LogP contribution in [0.25, 0.3) is 6.08 Å². The first-order valence-corrected chi connectivity index (χ1v) is 11.6. The first kappa shape index (κ1) is 23.9. The van der Waals surface area contributed by atoms with Gasteiger partial charge in [-0.15, -0.1) is 0 Å². The van der Waals surface area contributed by atoms with Crippen LogP contribution in [-0.2, 0) is 17.9 Å². The fraction of sp³-hybridized carbons (Fsp3) is 0.154. The summed E-state index contributed by atoms with van der Waals surface area (Å²) in [5.74, 6) is -0.154. The summed E-state index contributed by atoms with van der Waals surface area (Å²) in [5.41, 5.74) is 2.65. The maximum atomic E-state index is 14.2. The number of hydrogen-bond acceptors (Lipinski definition) is 5. The molecule has 5 nitrogen and oxygen atoms in total. The first-order chi connectivity index (χ1) is 16.4. The van der Waals surface area contributed by atoms with Gasteiger partial charge >= 0.3 is 0 Å². The Hall–Kier alpha value is -3.29. The summed E-state index contributed by atoms with van der Waals surface area (Å²) in [7, 11) is 1.48. The third kappa shape index (κ3) is 5.11. The highest BCUT2D eigenvalue weighted by Crippen LogP contribution is 2.38. The SMILES string of the molecule is COc1cccc(/C=C2\SC(=O)N(Cc3cccc(C)c3)C2=O)c1OCc1c(F)cccc1Cl. The van der Waals surface area contributed by atoms with Crippen molar-refractivity contribution in [1.82, 2.24) is 4.90 Å². The molecule has 1 fully saturated rings. The van der Waals surface area contributed by atoms with Crippen molar-refractivity contribution < 1.29 is 23.5 Å². The molecule has 0 unspecified atom stereocenters. The Kier molecular flexibility index (Phi) is 7.24. The van der Waals surface area contributed by atoms with Crippen molar-refractivity contribution in [2.24, 2.45) is 0 Å². The van der Waals surface area contributed by atoms with Crippen molar-refractivity contribution >= 4 is 40.6 Å². The summed E-state index contributed by atoms with van der Waals surface area (Å²) in [4.78, 5) is 27.1. The molecule has 4 rings (SSSR count). The van der Waals surface area contributed by atoms with E-state index in [9.17, 15) is 14.0 Å². The minimum Gasteiger partial charge on any atom is -0.493 e. The molecule has 1 saturated heterocycles. The quantitative estimate of drug-likeness (QED) is 0.344. The van der Waals surface area contributed by atoms with Crippen molar-refractivity contribution in [3.8, 4) is 11.5 Å². The van der Waals surface area contributed by atoms with Gasteiger partial charge in [0.05, 0.1) is 23.6 Å². The molecule has 1 aliphatic heterocycles. The number of aryl methyl sites for hydroxylation is 1. The Labute approximate surface area is 206 Å². The predicted molar refractivity (Wildman–Crippen MR) is 131 cm³/mol. The van der Waals surface area contributed by atoms with Crippen molar-refractivity contribution in [1.29, 1.82) is 0 Å². The molecule has 0 atom stereocenters. The number of halogens is 2. The molecule has 0 saturated carbocycles. The van der Waals surface area contributed by atoms with Crippen LogP contribution < -0.4 is 9.47 Å². The Morgan fingerprint density at radius 3 is 2.59 bits per heavy atom. The zero-order valence-corrected chi connectivity index (χ0v) is 20.1. The molecular formula is C26H21ClFNO4S. The molecule has 0 aliphatic carbocycles. The van der Waals surface area contributed by atoms with Gasteiger partial charge in [0.1, 0.15) is 12.4 Å². The minimum absolute atomic E-state index is 0.137. The fourth-order valence-electron chi connectivity index (χ4n) is 3.55. The predicted octanol–water partition coefficient (Wildman–Crippen LogP) is 6.61. The third-order valence-corrected chi connectivity index (χ3v) is 6.50. The molecule has 0 bridgehead atoms. The standard InChI is InChI=1S/C26H21ClFNO4S/c1-16-6-3-7-17(12-16)14-29-25(30)23(34-26(29)31)13-18-8-4-11-22(32-2)24(18)33-15-19-20(27)9-5-10-21(19)28/h3-13H,14-15H2,1-2H3/b23-13-. The van der Waals surface area contributed by atoms with E-state index in [0.717, 1.165) is 22.9 Å². The number of carbonyl (C=O) groups is 2. The van der Waals surface area contributed by atoms with Crippen molar-refractivity contribution in [3.63, 3.8) is 0 Å². The smallest absolute Gasteiger partial charge is 0.293 e. The number of carbonyl (C=O) groups excluding carboxylic acids is 2. The minimum atomic E-state index is -0.485. The lowest BCUT2D eigenvalue weighted by Gasteiger charge is -2.15. The number of imide groups is 1. The van der Waals surface area contributed by atoms with E-state index in [0.29, 0.717) is 17.1 Å². The Morgan fingerprint density at radius 1 is 1.09 bits per heavy atom. The lowest BCUT2D eigenvalue weighted by molar-refractivity contribution is -0.123. The number of amides is 2. The number of thioether (sulfide) groups is 1. The molecule has 3 aromatic rings. The molecule has 1 aliphatic rings. The van der Waals surface area contributed by atoms with Gasteiger partial charge in [-0.2, -0.15) is 0 Å².